The average Bonchev–Trinajstić information content (AvgIpc) is 2.84. The number of β-amino-alcohol motifs (C(OH)–C–C–N with tert-alkyl or cyclic N) is 1. The van der Waals surface area contributed by atoms with Crippen LogP contribution in [0.25, 0.3) is 0 Å². The number of aliphatic hydroxyl groups excluding tert-OH is 1. The van der Waals surface area contributed by atoms with Gasteiger partial charge in [-0.3, -0.25) is 4.79 Å². The third-order valence-corrected chi connectivity index (χ3v) is 5.91. The molecule has 0 amide bonds. The Morgan fingerprint density at radius 2 is 2.28 bits per heavy atom. The van der Waals surface area contributed by atoms with Gasteiger partial charge in [0.2, 0.25) is 0 Å². The van der Waals surface area contributed by atoms with Crippen LogP contribution < -0.4 is 0 Å². The van der Waals surface area contributed by atoms with Gasteiger partial charge >= 0.3 is 5.97 Å². The number of aryl methyl sites for hydroxylation is 1. The number of aliphatic hydroxyl groups is 1. The number of aromatic nitrogens is 1. The first-order valence-corrected chi connectivity index (χ1v) is 7.43. The Balaban J connectivity index is 2.38. The molecule has 0 spiro atoms. The quantitative estimate of drug-likeness (QED) is 0.789. The van der Waals surface area contributed by atoms with Crippen LogP contribution in [0.3, 0.4) is 0 Å². The van der Waals surface area contributed by atoms with Gasteiger partial charge in [-0.25, -0.2) is 13.4 Å². The van der Waals surface area contributed by atoms with Gasteiger partial charge in [0.25, 0.3) is 10.0 Å². The van der Waals surface area contributed by atoms with Crippen molar-refractivity contribution in [2.75, 3.05) is 6.54 Å². The van der Waals surface area contributed by atoms with Crippen LogP contribution in [0.1, 0.15) is 11.4 Å². The molecular formula is C9H12N2O5S2. The van der Waals surface area contributed by atoms with Gasteiger partial charge in [-0.15, -0.1) is 11.3 Å². The van der Waals surface area contributed by atoms with E-state index >= 15 is 0 Å². The number of rotatable bonds is 3. The van der Waals surface area contributed by atoms with E-state index in [-0.39, 0.29) is 17.2 Å². The van der Waals surface area contributed by atoms with Gasteiger partial charge in [0.05, 0.1) is 17.3 Å². The second-order valence-corrected chi connectivity index (χ2v) is 7.37. The zero-order valence-electron chi connectivity index (χ0n) is 9.48. The van der Waals surface area contributed by atoms with Crippen molar-refractivity contribution in [3.8, 4) is 0 Å². The van der Waals surface area contributed by atoms with Crippen molar-refractivity contribution in [1.82, 2.24) is 9.29 Å². The fourth-order valence-corrected chi connectivity index (χ4v) is 4.72. The number of aliphatic carboxylic acids is 1. The highest BCUT2D eigenvalue weighted by Crippen LogP contribution is 2.29. The largest absolute Gasteiger partial charge is 0.480 e. The number of carbonyl (C=O) groups is 1. The molecule has 1 fully saturated rings. The van der Waals surface area contributed by atoms with Crippen molar-refractivity contribution in [2.45, 2.75) is 29.7 Å². The molecule has 7 nitrogen and oxygen atoms in total. The number of sulfonamides is 1. The van der Waals surface area contributed by atoms with E-state index in [1.807, 2.05) is 0 Å². The third kappa shape index (κ3) is 2.26. The molecule has 9 heteroatoms. The molecule has 2 rings (SSSR count). The first-order valence-electron chi connectivity index (χ1n) is 5.17. The standard InChI is InChI=1S/C9H12N2O5S2/c1-5-10-3-8(17-5)18(15,16)11-4-6(12)2-7(11)9(13)14/h3,6-7,12H,2,4H2,1H3,(H,13,14). The van der Waals surface area contributed by atoms with E-state index in [1.165, 1.54) is 6.20 Å². The highest BCUT2D eigenvalue weighted by molar-refractivity contribution is 7.91. The Labute approximate surface area is 108 Å². The molecule has 0 radical (unpaired) electrons. The SMILES string of the molecule is Cc1ncc(S(=O)(=O)N2CC(O)CC2C(=O)O)s1. The molecular weight excluding hydrogens is 280 g/mol. The lowest BCUT2D eigenvalue weighted by Gasteiger charge is -2.19. The summed E-state index contributed by atoms with van der Waals surface area (Å²) < 4.78 is 25.3. The monoisotopic (exact) mass is 292 g/mol. The summed E-state index contributed by atoms with van der Waals surface area (Å²) in [4.78, 5) is 14.9. The lowest BCUT2D eigenvalue weighted by atomic mass is 10.2. The summed E-state index contributed by atoms with van der Waals surface area (Å²) in [5.41, 5.74) is 0. The van der Waals surface area contributed by atoms with E-state index in [1.54, 1.807) is 6.92 Å². The number of hydrogen-bond acceptors (Lipinski definition) is 6. The van der Waals surface area contributed by atoms with Crippen molar-refractivity contribution >= 4 is 27.3 Å². The van der Waals surface area contributed by atoms with Gasteiger partial charge < -0.3 is 10.2 Å². The average molecular weight is 292 g/mol. The van der Waals surface area contributed by atoms with Crippen molar-refractivity contribution in [2.24, 2.45) is 0 Å². The number of hydrogen-bond donors (Lipinski definition) is 2. The van der Waals surface area contributed by atoms with Crippen LogP contribution in [0.2, 0.25) is 0 Å². The summed E-state index contributed by atoms with van der Waals surface area (Å²) >= 11 is 0.981. The van der Waals surface area contributed by atoms with Crippen LogP contribution in [0.4, 0.5) is 0 Å². The normalized spacial score (nSPS) is 25.4. The molecule has 0 aliphatic carbocycles. The van der Waals surface area contributed by atoms with E-state index in [2.05, 4.69) is 4.98 Å². The Morgan fingerprint density at radius 1 is 1.61 bits per heavy atom. The van der Waals surface area contributed by atoms with Gasteiger partial charge in [-0.1, -0.05) is 0 Å². The van der Waals surface area contributed by atoms with Crippen molar-refractivity contribution in [1.29, 1.82) is 0 Å². The molecule has 1 aromatic rings. The topological polar surface area (TPSA) is 108 Å². The minimum absolute atomic E-state index is 0.000324. The van der Waals surface area contributed by atoms with Crippen molar-refractivity contribution in [3.05, 3.63) is 11.2 Å². The predicted molar refractivity (Wildman–Crippen MR) is 62.8 cm³/mol. The number of carboxylic acid groups (broad SMARTS) is 1. The van der Waals surface area contributed by atoms with Gasteiger partial charge in [-0.05, 0) is 6.92 Å². The summed E-state index contributed by atoms with van der Waals surface area (Å²) in [6, 6.07) is -1.22. The van der Waals surface area contributed by atoms with Crippen LogP contribution >= 0.6 is 11.3 Å². The summed E-state index contributed by atoms with van der Waals surface area (Å²) in [5, 5.41) is 19.0. The van der Waals surface area contributed by atoms with Crippen LogP contribution in [-0.2, 0) is 14.8 Å². The minimum Gasteiger partial charge on any atom is -0.480 e. The Hall–Kier alpha value is -1.03. The molecule has 18 heavy (non-hydrogen) atoms. The minimum atomic E-state index is -3.90. The molecule has 2 unspecified atom stereocenters. The maximum Gasteiger partial charge on any atom is 0.322 e. The van der Waals surface area contributed by atoms with E-state index in [4.69, 9.17) is 5.11 Å². The first-order chi connectivity index (χ1) is 8.32. The number of carboxylic acids is 1. The molecule has 1 saturated heterocycles. The number of thiazole rings is 1. The van der Waals surface area contributed by atoms with Gasteiger partial charge in [0.1, 0.15) is 6.04 Å². The maximum absolute atomic E-state index is 12.2. The summed E-state index contributed by atoms with van der Waals surface area (Å²) in [6.07, 6.45) is 0.167. The first kappa shape index (κ1) is 13.4. The molecule has 2 N–H and O–H groups in total. The molecule has 2 heterocycles. The summed E-state index contributed by atoms with van der Waals surface area (Å²) in [6.45, 7) is 1.47. The second-order valence-electron chi connectivity index (χ2n) is 4.02. The van der Waals surface area contributed by atoms with Crippen molar-refractivity contribution < 1.29 is 23.4 Å². The lowest BCUT2D eigenvalue weighted by Crippen LogP contribution is -2.40. The van der Waals surface area contributed by atoms with Gasteiger partial charge in [0.15, 0.2) is 4.21 Å². The van der Waals surface area contributed by atoms with E-state index in [9.17, 15) is 18.3 Å². The smallest absolute Gasteiger partial charge is 0.322 e. The van der Waals surface area contributed by atoms with E-state index in [0.29, 0.717) is 5.01 Å². The van der Waals surface area contributed by atoms with Crippen LogP contribution in [0.5, 0.6) is 0 Å². The highest BCUT2D eigenvalue weighted by atomic mass is 32.2. The molecule has 1 aliphatic heterocycles. The Morgan fingerprint density at radius 3 is 2.78 bits per heavy atom. The Bertz CT molecular complexity index is 567. The molecule has 1 aromatic heterocycles. The zero-order chi connectivity index (χ0) is 13.5. The molecule has 2 atom stereocenters. The molecule has 1 aliphatic rings. The molecule has 0 saturated carbocycles. The van der Waals surface area contributed by atoms with Crippen LogP contribution in [-0.4, -0.2) is 52.6 Å². The van der Waals surface area contributed by atoms with Crippen molar-refractivity contribution in [3.63, 3.8) is 0 Å². The number of nitrogens with zero attached hydrogens (tertiary/aromatic N) is 2. The highest BCUT2D eigenvalue weighted by Gasteiger charge is 2.44. The van der Waals surface area contributed by atoms with Crippen LogP contribution in [0.15, 0.2) is 10.4 Å². The molecule has 0 aromatic carbocycles. The fraction of sp³-hybridized carbons (Fsp3) is 0.556. The van der Waals surface area contributed by atoms with E-state index < -0.39 is 28.1 Å². The fourth-order valence-electron chi connectivity index (χ4n) is 1.85. The van der Waals surface area contributed by atoms with Gasteiger partial charge in [-0.2, -0.15) is 4.31 Å². The Kier molecular flexibility index (Phi) is 3.41. The molecule has 0 bridgehead atoms. The maximum atomic E-state index is 12.2. The summed E-state index contributed by atoms with van der Waals surface area (Å²) in [7, 11) is -3.90. The van der Waals surface area contributed by atoms with E-state index in [0.717, 1.165) is 15.6 Å². The lowest BCUT2D eigenvalue weighted by molar-refractivity contribution is -0.140. The summed E-state index contributed by atoms with van der Waals surface area (Å²) in [5.74, 6) is -1.25. The second kappa shape index (κ2) is 4.57. The van der Waals surface area contributed by atoms with Gasteiger partial charge in [0, 0.05) is 13.0 Å². The van der Waals surface area contributed by atoms with Crippen LogP contribution in [0, 0.1) is 6.92 Å². The predicted octanol–water partition coefficient (Wildman–Crippen LogP) is -0.340. The third-order valence-electron chi connectivity index (χ3n) is 2.68. The molecule has 100 valence electrons. The zero-order valence-corrected chi connectivity index (χ0v) is 11.1.